The number of hydrogen-bond acceptors (Lipinski definition) is 10. The van der Waals surface area contributed by atoms with E-state index in [1.165, 1.54) is 62.7 Å². The third-order valence-electron chi connectivity index (χ3n) is 11.7. The summed E-state index contributed by atoms with van der Waals surface area (Å²) in [6.45, 7) is 3.91. The first kappa shape index (κ1) is 47.8. The van der Waals surface area contributed by atoms with Crippen LogP contribution >= 0.6 is 0 Å². The molecule has 2 aromatic heterocycles. The molecule has 0 bridgehead atoms. The molecule has 17 heteroatoms. The summed E-state index contributed by atoms with van der Waals surface area (Å²) in [6.07, 6.45) is 13.4. The van der Waals surface area contributed by atoms with Gasteiger partial charge in [0.2, 0.25) is 11.8 Å². The Hall–Kier alpha value is -7.14. The van der Waals surface area contributed by atoms with E-state index >= 15 is 0 Å². The molecule has 0 fully saturated rings. The average Bonchev–Trinajstić information content (AvgIpc) is 3.90. The number of hydrogen-bond donors (Lipinski definition) is 3. The number of aromatic nitrogens is 3. The third kappa shape index (κ3) is 11.5. The van der Waals surface area contributed by atoms with E-state index in [1.54, 1.807) is 91.9 Å². The lowest BCUT2D eigenvalue weighted by Gasteiger charge is -2.28. The number of carbonyl (C=O) groups is 2. The number of aliphatic imine (C=N–C) groups is 1. The number of rotatable bonds is 23. The van der Waals surface area contributed by atoms with Crippen molar-refractivity contribution in [3.05, 3.63) is 148 Å². The fourth-order valence-corrected chi connectivity index (χ4v) is 9.20. The molecule has 1 aliphatic rings. The number of para-hydroxylation sites is 3. The zero-order chi connectivity index (χ0) is 47.3. The molecule has 7 rings (SSSR count). The summed E-state index contributed by atoms with van der Waals surface area (Å²) in [5, 5.41) is 9.01. The van der Waals surface area contributed by atoms with E-state index in [2.05, 4.69) is 27.9 Å². The van der Waals surface area contributed by atoms with Crippen LogP contribution in [0, 0.1) is 6.92 Å². The monoisotopic (exact) mass is 930 g/mol. The van der Waals surface area contributed by atoms with Gasteiger partial charge in [-0.15, -0.1) is 0 Å². The van der Waals surface area contributed by atoms with Crippen molar-refractivity contribution in [3.8, 4) is 11.4 Å². The molecule has 1 unspecified atom stereocenters. The lowest BCUT2D eigenvalue weighted by Crippen LogP contribution is -2.50. The molecule has 0 aliphatic carbocycles. The Kier molecular flexibility index (Phi) is 16.0. The van der Waals surface area contributed by atoms with E-state index in [0.717, 1.165) is 34.5 Å². The van der Waals surface area contributed by atoms with Crippen molar-refractivity contribution in [1.82, 2.24) is 18.2 Å². The van der Waals surface area contributed by atoms with Crippen molar-refractivity contribution in [2.24, 2.45) is 4.99 Å². The van der Waals surface area contributed by atoms with Gasteiger partial charge < -0.3 is 25.1 Å². The van der Waals surface area contributed by atoms with Crippen molar-refractivity contribution >= 4 is 50.6 Å². The van der Waals surface area contributed by atoms with Crippen molar-refractivity contribution in [1.29, 1.82) is 0 Å². The van der Waals surface area contributed by atoms with Gasteiger partial charge in [-0.05, 0) is 66.9 Å². The molecule has 0 saturated heterocycles. The van der Waals surface area contributed by atoms with Crippen molar-refractivity contribution in [3.63, 3.8) is 0 Å². The number of amidine groups is 1. The number of likely N-dealkylation sites (N-methyl/N-ethyl adjacent to an activating group) is 1. The van der Waals surface area contributed by atoms with Crippen LogP contribution in [0.5, 0.6) is 5.75 Å². The minimum Gasteiger partial charge on any atom is -0.471 e. The molecule has 67 heavy (non-hydrogen) atoms. The molecule has 2 amide bonds. The summed E-state index contributed by atoms with van der Waals surface area (Å²) in [6, 6.07) is 29.1. The molecule has 3 N–H and O–H groups in total. The van der Waals surface area contributed by atoms with Gasteiger partial charge in [0.1, 0.15) is 5.75 Å². The maximum absolute atomic E-state index is 14.9. The van der Waals surface area contributed by atoms with Gasteiger partial charge in [0, 0.05) is 24.8 Å². The van der Waals surface area contributed by atoms with E-state index in [9.17, 15) is 27.6 Å². The van der Waals surface area contributed by atoms with Gasteiger partial charge >= 0.3 is 11.4 Å². The van der Waals surface area contributed by atoms with E-state index in [-0.39, 0.29) is 30.0 Å². The van der Waals surface area contributed by atoms with Gasteiger partial charge in [-0.2, -0.15) is 9.67 Å². The molecule has 1 aliphatic heterocycles. The highest BCUT2D eigenvalue weighted by Gasteiger charge is 2.43. The Morgan fingerprint density at radius 2 is 1.42 bits per heavy atom. The van der Waals surface area contributed by atoms with Gasteiger partial charge in [-0.1, -0.05) is 131 Å². The van der Waals surface area contributed by atoms with E-state index in [0.29, 0.717) is 50.6 Å². The number of carbonyl (C=O) groups excluding carboxylic acids is 2. The first-order valence-corrected chi connectivity index (χ1v) is 24.3. The molecule has 0 spiro atoms. The van der Waals surface area contributed by atoms with Crippen LogP contribution in [0.4, 0.5) is 22.9 Å². The Labute approximate surface area is 390 Å². The van der Waals surface area contributed by atoms with Crippen molar-refractivity contribution < 1.29 is 27.2 Å². The predicted octanol–water partition coefficient (Wildman–Crippen LogP) is 8.99. The molecule has 16 nitrogen and oxygen atoms in total. The molecule has 352 valence electrons. The number of aryl methyl sites for hydroxylation is 1. The summed E-state index contributed by atoms with van der Waals surface area (Å²) in [5.74, 6) is -1.28. The number of furan rings is 1. The molecule has 3 heterocycles. The zero-order valence-electron chi connectivity index (χ0n) is 38.1. The second-order valence-electron chi connectivity index (χ2n) is 16.5. The molecular formula is C50H58N8O8S. The number of ether oxygens (including phenoxy) is 1. The van der Waals surface area contributed by atoms with Gasteiger partial charge in [0.05, 0.1) is 24.2 Å². The number of nitrogens with zero attached hydrogens (tertiary/aromatic N) is 5. The standard InChI is InChI=1S/C50H58N8O8S/c1-4-5-6-7-8-9-10-11-12-19-28-44(59)52-40-26-20-21-27-42(40)66-35-51-38-30-29-36(2)41(33-38)53-47(60)45(46-54-48-43(31-32-65-48)67(63,64)55(46)3)57-49(61)56(34-37-22-15-13-16-23-37)58(50(57)62)39-24-17-14-18-25-39/h13-18,20-27,29-33,45,51H,4-12,19,28,34-35H2,1-3H3,(H,52,59)(H,53,60). The highest BCUT2D eigenvalue weighted by atomic mass is 32.2. The molecule has 0 saturated carbocycles. The first-order valence-electron chi connectivity index (χ1n) is 22.8. The number of unbranched alkanes of at least 4 members (excludes halogenated alkanes) is 9. The van der Waals surface area contributed by atoms with Gasteiger partial charge in [-0.3, -0.25) is 13.9 Å². The topological polar surface area (TPSA) is 191 Å². The maximum atomic E-state index is 14.9. The minimum absolute atomic E-state index is 0.0152. The average molecular weight is 931 g/mol. The molecule has 4 aromatic carbocycles. The Balaban J connectivity index is 1.09. The molecule has 1 atom stereocenters. The summed E-state index contributed by atoms with van der Waals surface area (Å²) < 4.78 is 43.0. The molecule has 6 aromatic rings. The van der Waals surface area contributed by atoms with Crippen molar-refractivity contribution in [2.45, 2.75) is 102 Å². The lowest BCUT2D eigenvalue weighted by atomic mass is 10.1. The van der Waals surface area contributed by atoms with Crippen LogP contribution in [0.2, 0.25) is 0 Å². The van der Waals surface area contributed by atoms with Crippen LogP contribution in [0.25, 0.3) is 5.69 Å². The number of fused-ring (bicyclic) bond motifs is 1. The second kappa shape index (κ2) is 22.4. The number of anilines is 3. The maximum Gasteiger partial charge on any atom is 0.353 e. The van der Waals surface area contributed by atoms with Crippen LogP contribution in [-0.4, -0.2) is 58.1 Å². The summed E-state index contributed by atoms with van der Waals surface area (Å²) in [7, 11) is -3.14. The highest BCUT2D eigenvalue weighted by Crippen LogP contribution is 2.35. The SMILES string of the molecule is CCCCCCCCCCCCC(=O)Nc1ccccc1OCNc1ccc(C)c(NC(=O)C(C2=Nc3occc3S(=O)(=O)N2C)n2c(=O)n(Cc3ccccc3)n(-c3ccccc3)c2=O)c1. The molecule has 0 radical (unpaired) electrons. The number of nitrogens with one attached hydrogen (secondary N) is 3. The normalized spacial score (nSPS) is 13.4. The first-order chi connectivity index (χ1) is 32.5. The van der Waals surface area contributed by atoms with E-state index in [4.69, 9.17) is 9.15 Å². The van der Waals surface area contributed by atoms with Gasteiger partial charge in [-0.25, -0.2) is 27.3 Å². The fourth-order valence-electron chi connectivity index (χ4n) is 7.97. The quantitative estimate of drug-likeness (QED) is 0.0416. The summed E-state index contributed by atoms with van der Waals surface area (Å²) in [5.41, 5.74) is 1.21. The Bertz CT molecular complexity index is 2900. The highest BCUT2D eigenvalue weighted by molar-refractivity contribution is 7.90. The van der Waals surface area contributed by atoms with Crippen LogP contribution in [0.3, 0.4) is 0 Å². The van der Waals surface area contributed by atoms with Crippen LogP contribution in [0.1, 0.15) is 94.7 Å². The Morgan fingerprint density at radius 1 is 0.761 bits per heavy atom. The number of amides is 2. The Morgan fingerprint density at radius 3 is 2.13 bits per heavy atom. The fraction of sp³-hybridized carbons (Fsp3) is 0.340. The van der Waals surface area contributed by atoms with Crippen LogP contribution < -0.4 is 32.1 Å². The zero-order valence-corrected chi connectivity index (χ0v) is 39.0. The largest absolute Gasteiger partial charge is 0.471 e. The predicted molar refractivity (Wildman–Crippen MR) is 260 cm³/mol. The summed E-state index contributed by atoms with van der Waals surface area (Å²) in [4.78, 5) is 61.3. The van der Waals surface area contributed by atoms with Gasteiger partial charge in [0.15, 0.2) is 23.5 Å². The van der Waals surface area contributed by atoms with E-state index in [1.807, 2.05) is 18.2 Å². The molecular weight excluding hydrogens is 873 g/mol. The van der Waals surface area contributed by atoms with Crippen LogP contribution in [-0.2, 0) is 26.2 Å². The summed E-state index contributed by atoms with van der Waals surface area (Å²) >= 11 is 0. The number of benzene rings is 4. The van der Waals surface area contributed by atoms with Crippen molar-refractivity contribution in [2.75, 3.05) is 29.7 Å². The van der Waals surface area contributed by atoms with Gasteiger partial charge in [0.25, 0.3) is 15.9 Å². The number of sulfonamides is 1. The lowest BCUT2D eigenvalue weighted by molar-refractivity contribution is -0.118. The second-order valence-corrected chi connectivity index (χ2v) is 18.5. The minimum atomic E-state index is -4.33. The van der Waals surface area contributed by atoms with E-state index < -0.39 is 39.2 Å². The van der Waals surface area contributed by atoms with Crippen LogP contribution in [0.15, 0.2) is 139 Å². The smallest absolute Gasteiger partial charge is 0.353 e. The third-order valence-corrected chi connectivity index (χ3v) is 13.5.